The Morgan fingerprint density at radius 3 is 2.32 bits per heavy atom. The molecule has 0 bridgehead atoms. The maximum absolute atomic E-state index is 15.2. The third-order valence-corrected chi connectivity index (χ3v) is 10.8. The predicted octanol–water partition coefficient (Wildman–Crippen LogP) is 7.23. The van der Waals surface area contributed by atoms with E-state index in [-0.39, 0.29) is 24.5 Å². The van der Waals surface area contributed by atoms with Crippen molar-refractivity contribution in [3.8, 4) is 0 Å². The topological polar surface area (TPSA) is 92.4 Å². The van der Waals surface area contributed by atoms with Gasteiger partial charge in [-0.15, -0.1) is 0 Å². The standard InChI is InChI=1S/C34H35F5N2O3/c1-31-17-27(20-4-2-19(3-5-20)18-41-23-9-6-21(7-10-23)30(40)43)29-25-13-11-24(42)16-22(25)8-12-26(29)28(31)14-15-32(31,44)33(35,36)34(37,38)39/h2-7,9-10,16,26-28,41,44H,8,11-15,17-18H2,1H3,(H2,40,43)/t26-,27+,28-,31-,32-/m0/s1. The number of amides is 1. The third-order valence-electron chi connectivity index (χ3n) is 10.8. The molecular weight excluding hydrogens is 579 g/mol. The van der Waals surface area contributed by atoms with Gasteiger partial charge in [-0.2, -0.15) is 22.0 Å². The molecule has 4 N–H and O–H groups in total. The number of allylic oxidation sites excluding steroid dienone is 4. The minimum absolute atomic E-state index is 0.0428. The van der Waals surface area contributed by atoms with Crippen LogP contribution in [-0.4, -0.2) is 34.5 Å². The zero-order valence-electron chi connectivity index (χ0n) is 24.3. The van der Waals surface area contributed by atoms with Crippen LogP contribution in [0.4, 0.5) is 27.6 Å². The molecule has 4 aliphatic carbocycles. The predicted molar refractivity (Wildman–Crippen MR) is 155 cm³/mol. The van der Waals surface area contributed by atoms with E-state index in [4.69, 9.17) is 5.73 Å². The Morgan fingerprint density at radius 1 is 1.00 bits per heavy atom. The molecule has 44 heavy (non-hydrogen) atoms. The molecule has 5 atom stereocenters. The summed E-state index contributed by atoms with van der Waals surface area (Å²) in [6, 6.07) is 14.3. The lowest BCUT2D eigenvalue weighted by molar-refractivity contribution is -0.362. The molecule has 234 valence electrons. The number of carbonyl (C=O) groups is 2. The number of nitrogens with two attached hydrogens (primary N) is 1. The summed E-state index contributed by atoms with van der Waals surface area (Å²) in [6.07, 6.45) is -2.85. The second-order valence-corrected chi connectivity index (χ2v) is 13.0. The van der Waals surface area contributed by atoms with Gasteiger partial charge in [0, 0.05) is 35.5 Å². The Morgan fingerprint density at radius 2 is 1.68 bits per heavy atom. The average Bonchev–Trinajstić information content (AvgIpc) is 3.26. The smallest absolute Gasteiger partial charge is 0.383 e. The zero-order valence-corrected chi connectivity index (χ0v) is 24.3. The number of halogens is 5. The lowest BCUT2D eigenvalue weighted by Crippen LogP contribution is -2.65. The van der Waals surface area contributed by atoms with Crippen LogP contribution in [0.1, 0.15) is 79.3 Å². The number of ketones is 1. The SMILES string of the molecule is C[C@]12C[C@H](c3ccc(CNc4ccc(C(N)=O)cc4)cc3)C3=C4CCC(=O)C=C4CC[C@H]3[C@@H]1CC[C@@]2(O)C(F)(F)C(F)(F)F. The molecular formula is C34H35F5N2O3. The number of primary amides is 1. The minimum Gasteiger partial charge on any atom is -0.383 e. The Kier molecular flexibility index (Phi) is 7.30. The second kappa shape index (κ2) is 10.5. The summed E-state index contributed by atoms with van der Waals surface area (Å²) in [6.45, 7) is 1.88. The highest BCUT2D eigenvalue weighted by Crippen LogP contribution is 2.70. The van der Waals surface area contributed by atoms with E-state index in [1.807, 2.05) is 24.3 Å². The van der Waals surface area contributed by atoms with Gasteiger partial charge in [-0.3, -0.25) is 9.59 Å². The Hall–Kier alpha value is -3.53. The summed E-state index contributed by atoms with van der Waals surface area (Å²) in [7, 11) is 0. The number of hydrogen-bond donors (Lipinski definition) is 3. The summed E-state index contributed by atoms with van der Waals surface area (Å²) >= 11 is 0. The maximum atomic E-state index is 15.2. The van der Waals surface area contributed by atoms with Gasteiger partial charge in [-0.1, -0.05) is 36.8 Å². The van der Waals surface area contributed by atoms with Gasteiger partial charge < -0.3 is 16.2 Å². The normalized spacial score (nSPS) is 30.3. The molecule has 0 radical (unpaired) electrons. The Bertz CT molecular complexity index is 1550. The molecule has 0 aliphatic heterocycles. The highest BCUT2D eigenvalue weighted by atomic mass is 19.4. The molecule has 0 aromatic heterocycles. The van der Waals surface area contributed by atoms with Gasteiger partial charge in [0.15, 0.2) is 5.78 Å². The maximum Gasteiger partial charge on any atom is 0.456 e. The van der Waals surface area contributed by atoms with Gasteiger partial charge in [0.05, 0.1) is 0 Å². The second-order valence-electron chi connectivity index (χ2n) is 13.0. The van der Waals surface area contributed by atoms with Crippen LogP contribution in [0.2, 0.25) is 0 Å². The van der Waals surface area contributed by atoms with E-state index in [0.29, 0.717) is 37.8 Å². The molecule has 0 unspecified atom stereocenters. The van der Waals surface area contributed by atoms with Crippen molar-refractivity contribution in [3.05, 3.63) is 88.0 Å². The van der Waals surface area contributed by atoms with Crippen LogP contribution in [0, 0.1) is 17.3 Å². The highest BCUT2D eigenvalue weighted by Gasteiger charge is 2.79. The first kappa shape index (κ1) is 30.5. The van der Waals surface area contributed by atoms with Crippen LogP contribution in [0.3, 0.4) is 0 Å². The first-order valence-corrected chi connectivity index (χ1v) is 15.0. The number of alkyl halides is 5. The van der Waals surface area contributed by atoms with E-state index in [1.54, 1.807) is 30.3 Å². The van der Waals surface area contributed by atoms with Gasteiger partial charge in [0.25, 0.3) is 0 Å². The van der Waals surface area contributed by atoms with E-state index >= 15 is 8.78 Å². The highest BCUT2D eigenvalue weighted by molar-refractivity contribution is 5.93. The number of fused-ring (bicyclic) bond motifs is 4. The van der Waals surface area contributed by atoms with Crippen LogP contribution in [-0.2, 0) is 11.3 Å². The van der Waals surface area contributed by atoms with E-state index in [1.165, 1.54) is 6.92 Å². The number of rotatable bonds is 6. The van der Waals surface area contributed by atoms with Crippen LogP contribution < -0.4 is 11.1 Å². The molecule has 0 heterocycles. The van der Waals surface area contributed by atoms with Gasteiger partial charge >= 0.3 is 12.1 Å². The molecule has 2 fully saturated rings. The Balaban J connectivity index is 1.36. The molecule has 0 spiro atoms. The summed E-state index contributed by atoms with van der Waals surface area (Å²) in [4.78, 5) is 23.6. The van der Waals surface area contributed by atoms with Crippen molar-refractivity contribution in [1.82, 2.24) is 0 Å². The average molecular weight is 615 g/mol. The van der Waals surface area contributed by atoms with Crippen LogP contribution in [0.5, 0.6) is 0 Å². The molecule has 5 nitrogen and oxygen atoms in total. The fourth-order valence-electron chi connectivity index (χ4n) is 8.54. The number of aliphatic hydroxyl groups is 1. The molecule has 4 aliphatic rings. The minimum atomic E-state index is -5.88. The number of anilines is 1. The third kappa shape index (κ3) is 4.68. The number of benzene rings is 2. The van der Waals surface area contributed by atoms with E-state index in [0.717, 1.165) is 33.5 Å². The fraction of sp³-hybridized carbons (Fsp3) is 0.471. The molecule has 2 saturated carbocycles. The number of carbonyl (C=O) groups excluding carboxylic acids is 2. The molecule has 10 heteroatoms. The summed E-state index contributed by atoms with van der Waals surface area (Å²) in [5.41, 5.74) is 6.27. The summed E-state index contributed by atoms with van der Waals surface area (Å²) < 4.78 is 71.7. The first-order valence-electron chi connectivity index (χ1n) is 15.0. The van der Waals surface area contributed by atoms with Crippen molar-refractivity contribution in [2.75, 3.05) is 5.32 Å². The van der Waals surface area contributed by atoms with E-state index in [2.05, 4.69) is 5.32 Å². The summed E-state index contributed by atoms with van der Waals surface area (Å²) in [5.74, 6) is -7.02. The zero-order chi connectivity index (χ0) is 31.7. The number of nitrogens with one attached hydrogen (secondary N) is 1. The van der Waals surface area contributed by atoms with Crippen molar-refractivity contribution in [3.63, 3.8) is 0 Å². The van der Waals surface area contributed by atoms with Crippen LogP contribution in [0.15, 0.2) is 71.3 Å². The van der Waals surface area contributed by atoms with Gasteiger partial charge in [0.2, 0.25) is 5.91 Å². The van der Waals surface area contributed by atoms with E-state index < -0.39 is 47.3 Å². The lowest BCUT2D eigenvalue weighted by Gasteiger charge is -2.56. The molecule has 1 amide bonds. The molecule has 0 saturated heterocycles. The quantitative estimate of drug-likeness (QED) is 0.300. The Labute approximate surface area is 252 Å². The first-order chi connectivity index (χ1) is 20.7. The fourth-order valence-corrected chi connectivity index (χ4v) is 8.54. The largest absolute Gasteiger partial charge is 0.456 e. The lowest BCUT2D eigenvalue weighted by atomic mass is 9.50. The van der Waals surface area contributed by atoms with Gasteiger partial charge in [-0.05, 0) is 103 Å². The molecule has 6 rings (SSSR count). The van der Waals surface area contributed by atoms with Crippen molar-refractivity contribution in [2.24, 2.45) is 23.0 Å². The van der Waals surface area contributed by atoms with Gasteiger partial charge in [0.1, 0.15) is 5.60 Å². The van der Waals surface area contributed by atoms with Crippen LogP contribution in [0.25, 0.3) is 0 Å². The summed E-state index contributed by atoms with van der Waals surface area (Å²) in [5, 5.41) is 14.7. The van der Waals surface area contributed by atoms with Crippen molar-refractivity contribution >= 4 is 17.4 Å². The molecule has 2 aromatic rings. The van der Waals surface area contributed by atoms with Gasteiger partial charge in [-0.25, -0.2) is 0 Å². The van der Waals surface area contributed by atoms with Crippen molar-refractivity contribution in [2.45, 2.75) is 82.0 Å². The van der Waals surface area contributed by atoms with Crippen molar-refractivity contribution in [1.29, 1.82) is 0 Å². The number of hydrogen-bond acceptors (Lipinski definition) is 4. The van der Waals surface area contributed by atoms with Crippen LogP contribution >= 0.6 is 0 Å². The van der Waals surface area contributed by atoms with Crippen molar-refractivity contribution < 1.29 is 36.6 Å². The monoisotopic (exact) mass is 614 g/mol. The van der Waals surface area contributed by atoms with E-state index in [9.17, 15) is 27.9 Å². The molecule has 2 aromatic carbocycles.